The normalized spacial score (nSPS) is 12.6. The van der Waals surface area contributed by atoms with Crippen LogP contribution in [0.3, 0.4) is 0 Å². The molecule has 1 aliphatic rings. The molecule has 5 rings (SSSR count). The van der Waals surface area contributed by atoms with Crippen molar-refractivity contribution in [2.24, 2.45) is 5.10 Å². The molecular weight excluding hydrogens is 553 g/mol. The molecule has 0 radical (unpaired) electrons. The van der Waals surface area contributed by atoms with Crippen LogP contribution in [-0.2, 0) is 21.1 Å². The maximum atomic E-state index is 4.44. The number of rotatable bonds is 5. The SMILES string of the molecule is [Pt+2].[c-]1c(N2CCC=N2)cccc1N(c1[c-]c(-n2cccn2)ccc1)c1ccccc1. The summed E-state index contributed by atoms with van der Waals surface area (Å²) in [5.74, 6) is 0. The molecule has 4 aromatic rings. The second-order valence-corrected chi connectivity index (χ2v) is 6.67. The van der Waals surface area contributed by atoms with Crippen molar-refractivity contribution in [2.45, 2.75) is 6.42 Å². The summed E-state index contributed by atoms with van der Waals surface area (Å²) in [7, 11) is 0. The van der Waals surface area contributed by atoms with Gasteiger partial charge in [0.15, 0.2) is 0 Å². The van der Waals surface area contributed by atoms with Crippen LogP contribution in [0.25, 0.3) is 5.69 Å². The summed E-state index contributed by atoms with van der Waals surface area (Å²) in [6.07, 6.45) is 6.58. The van der Waals surface area contributed by atoms with Gasteiger partial charge in [-0.05, 0) is 23.9 Å². The van der Waals surface area contributed by atoms with Crippen LogP contribution >= 0.6 is 0 Å². The van der Waals surface area contributed by atoms with Crippen LogP contribution in [0.2, 0.25) is 0 Å². The third kappa shape index (κ3) is 4.07. The molecule has 150 valence electrons. The van der Waals surface area contributed by atoms with Gasteiger partial charge in [-0.1, -0.05) is 35.3 Å². The predicted octanol–water partition coefficient (Wildman–Crippen LogP) is 5.14. The van der Waals surface area contributed by atoms with Crippen LogP contribution in [-0.4, -0.2) is 22.5 Å². The van der Waals surface area contributed by atoms with Crippen molar-refractivity contribution in [3.05, 3.63) is 97.3 Å². The van der Waals surface area contributed by atoms with E-state index in [1.807, 2.05) is 70.6 Å². The van der Waals surface area contributed by atoms with Gasteiger partial charge < -0.3 is 4.90 Å². The molecular formula is C24H19N5Pt. The van der Waals surface area contributed by atoms with E-state index in [2.05, 4.69) is 51.5 Å². The van der Waals surface area contributed by atoms with Crippen molar-refractivity contribution in [3.63, 3.8) is 0 Å². The van der Waals surface area contributed by atoms with Crippen LogP contribution in [0, 0.1) is 12.1 Å². The zero-order valence-corrected chi connectivity index (χ0v) is 18.4. The third-order valence-electron chi connectivity index (χ3n) is 4.75. The predicted molar refractivity (Wildman–Crippen MR) is 116 cm³/mol. The van der Waals surface area contributed by atoms with E-state index in [1.54, 1.807) is 6.20 Å². The Balaban J connectivity index is 0.00000218. The van der Waals surface area contributed by atoms with E-state index in [-0.39, 0.29) is 21.1 Å². The second kappa shape index (κ2) is 9.10. The van der Waals surface area contributed by atoms with Crippen molar-refractivity contribution >= 4 is 29.0 Å². The maximum Gasteiger partial charge on any atom is 2.00 e. The van der Waals surface area contributed by atoms with Crippen molar-refractivity contribution in [1.82, 2.24) is 9.78 Å². The molecule has 3 aromatic carbocycles. The standard InChI is InChI=1S/C24H19N5.Pt/c1-2-8-20(9-3-1)29(23-12-4-10-21(18-23)27-16-6-14-25-27)24-13-5-11-22(19-24)28-17-7-15-26-28;/h1-6,8-16H,7,17H2;/q-2;+2. The summed E-state index contributed by atoms with van der Waals surface area (Å²) in [5, 5.41) is 10.8. The maximum absolute atomic E-state index is 4.44. The molecule has 6 heteroatoms. The fourth-order valence-electron chi connectivity index (χ4n) is 3.41. The Kier molecular flexibility index (Phi) is 6.10. The molecule has 0 saturated carbocycles. The monoisotopic (exact) mass is 572 g/mol. The largest absolute Gasteiger partial charge is 2.00 e. The molecule has 0 bridgehead atoms. The Morgan fingerprint density at radius 2 is 1.53 bits per heavy atom. The van der Waals surface area contributed by atoms with E-state index in [9.17, 15) is 0 Å². The number of para-hydroxylation sites is 1. The van der Waals surface area contributed by atoms with E-state index in [0.717, 1.165) is 41.4 Å². The molecule has 1 aromatic heterocycles. The van der Waals surface area contributed by atoms with Crippen molar-refractivity contribution in [3.8, 4) is 5.69 Å². The average Bonchev–Trinajstić information content (AvgIpc) is 3.50. The number of aromatic nitrogens is 2. The molecule has 0 amide bonds. The summed E-state index contributed by atoms with van der Waals surface area (Å²) >= 11 is 0. The quantitative estimate of drug-likeness (QED) is 0.311. The zero-order valence-electron chi connectivity index (χ0n) is 16.1. The van der Waals surface area contributed by atoms with Crippen LogP contribution in [0.5, 0.6) is 0 Å². The first-order chi connectivity index (χ1) is 14.4. The van der Waals surface area contributed by atoms with E-state index in [4.69, 9.17) is 0 Å². The minimum absolute atomic E-state index is 0. The number of hydrazone groups is 1. The summed E-state index contributed by atoms with van der Waals surface area (Å²) < 4.78 is 1.81. The fourth-order valence-corrected chi connectivity index (χ4v) is 3.41. The number of anilines is 4. The second-order valence-electron chi connectivity index (χ2n) is 6.67. The molecule has 0 aliphatic carbocycles. The number of nitrogens with zero attached hydrogens (tertiary/aromatic N) is 5. The molecule has 0 unspecified atom stereocenters. The van der Waals surface area contributed by atoms with Crippen molar-refractivity contribution in [1.29, 1.82) is 0 Å². The van der Waals surface area contributed by atoms with Gasteiger partial charge in [0.2, 0.25) is 0 Å². The molecule has 30 heavy (non-hydrogen) atoms. The fraction of sp³-hybridized carbons (Fsp3) is 0.0833. The Morgan fingerprint density at radius 3 is 2.20 bits per heavy atom. The summed E-state index contributed by atoms with van der Waals surface area (Å²) in [4.78, 5) is 2.15. The molecule has 0 atom stereocenters. The van der Waals surface area contributed by atoms with Gasteiger partial charge in [-0.2, -0.15) is 22.3 Å². The Labute approximate surface area is 190 Å². The van der Waals surface area contributed by atoms with Crippen LogP contribution in [0.4, 0.5) is 22.7 Å². The van der Waals surface area contributed by atoms with Crippen LogP contribution in [0.1, 0.15) is 6.42 Å². The Hall–Kier alpha value is -3.17. The Bertz CT molecular complexity index is 1130. The summed E-state index contributed by atoms with van der Waals surface area (Å²) in [6.45, 7) is 0.881. The first-order valence-electron chi connectivity index (χ1n) is 9.58. The van der Waals surface area contributed by atoms with Gasteiger partial charge in [-0.15, -0.1) is 36.4 Å². The van der Waals surface area contributed by atoms with Gasteiger partial charge >= 0.3 is 21.1 Å². The van der Waals surface area contributed by atoms with Gasteiger partial charge in [0.05, 0.1) is 0 Å². The number of hydrogen-bond donors (Lipinski definition) is 0. The summed E-state index contributed by atoms with van der Waals surface area (Å²) in [5.41, 5.74) is 4.74. The number of benzene rings is 3. The van der Waals surface area contributed by atoms with E-state index < -0.39 is 0 Å². The average molecular weight is 573 g/mol. The smallest absolute Gasteiger partial charge is 0.358 e. The molecule has 0 saturated heterocycles. The van der Waals surface area contributed by atoms with E-state index >= 15 is 0 Å². The Morgan fingerprint density at radius 1 is 0.800 bits per heavy atom. The molecule has 0 N–H and O–H groups in total. The number of hydrogen-bond acceptors (Lipinski definition) is 4. The van der Waals surface area contributed by atoms with Gasteiger partial charge in [0.25, 0.3) is 0 Å². The first-order valence-corrected chi connectivity index (χ1v) is 9.58. The topological polar surface area (TPSA) is 36.7 Å². The van der Waals surface area contributed by atoms with E-state index in [1.165, 1.54) is 0 Å². The van der Waals surface area contributed by atoms with Gasteiger partial charge in [-0.3, -0.25) is 9.69 Å². The molecule has 2 heterocycles. The minimum Gasteiger partial charge on any atom is -0.358 e. The zero-order chi connectivity index (χ0) is 19.5. The molecule has 5 nitrogen and oxygen atoms in total. The first kappa shape index (κ1) is 20.1. The minimum atomic E-state index is 0. The van der Waals surface area contributed by atoms with Crippen molar-refractivity contribution in [2.75, 3.05) is 16.5 Å². The van der Waals surface area contributed by atoms with Gasteiger partial charge in [0.1, 0.15) is 0 Å². The van der Waals surface area contributed by atoms with Crippen molar-refractivity contribution < 1.29 is 21.1 Å². The van der Waals surface area contributed by atoms with Gasteiger partial charge in [-0.25, -0.2) is 0 Å². The molecule has 1 aliphatic heterocycles. The van der Waals surface area contributed by atoms with E-state index in [0.29, 0.717) is 0 Å². The third-order valence-corrected chi connectivity index (χ3v) is 4.75. The molecule has 0 fully saturated rings. The van der Waals surface area contributed by atoms with Gasteiger partial charge in [0, 0.05) is 37.3 Å². The van der Waals surface area contributed by atoms with Crippen LogP contribution < -0.4 is 9.91 Å². The molecule has 0 spiro atoms. The van der Waals surface area contributed by atoms with Crippen LogP contribution in [0.15, 0.2) is 90.3 Å². The summed E-state index contributed by atoms with van der Waals surface area (Å²) in [6, 6.07) is 31.4.